The summed E-state index contributed by atoms with van der Waals surface area (Å²) in [7, 11) is 1.91. The van der Waals surface area contributed by atoms with E-state index in [2.05, 4.69) is 33.2 Å². The van der Waals surface area contributed by atoms with Crippen LogP contribution in [0.4, 0.5) is 4.39 Å². The normalized spacial score (nSPS) is 12.2. The standard InChI is InChI=1S/C15H16BrFN2O/c1-3-14(18-2)15-7-5-11(9-19-15)20-10-4-6-13(17)12(16)8-10/h4-9,14,18H,3H2,1-2H3. The molecule has 0 amide bonds. The molecule has 1 atom stereocenters. The molecule has 3 nitrogen and oxygen atoms in total. The highest BCUT2D eigenvalue weighted by Gasteiger charge is 2.08. The molecule has 2 rings (SSSR count). The Bertz CT molecular complexity index is 571. The molecule has 0 fully saturated rings. The van der Waals surface area contributed by atoms with Crippen LogP contribution in [-0.2, 0) is 0 Å². The number of aromatic nitrogens is 1. The molecule has 0 bridgehead atoms. The number of halogens is 2. The van der Waals surface area contributed by atoms with Crippen molar-refractivity contribution in [3.05, 3.63) is 52.5 Å². The van der Waals surface area contributed by atoms with Crippen molar-refractivity contribution in [1.82, 2.24) is 10.3 Å². The maximum absolute atomic E-state index is 13.1. The molecule has 1 unspecified atom stereocenters. The Kier molecular flexibility index (Phi) is 5.09. The fraction of sp³-hybridized carbons (Fsp3) is 0.267. The van der Waals surface area contributed by atoms with E-state index in [1.807, 2.05) is 19.2 Å². The molecular formula is C15H16BrFN2O. The number of hydrogen-bond acceptors (Lipinski definition) is 3. The Labute approximate surface area is 126 Å². The predicted molar refractivity (Wildman–Crippen MR) is 80.5 cm³/mol. The van der Waals surface area contributed by atoms with Crippen LogP contribution >= 0.6 is 15.9 Å². The molecule has 0 saturated carbocycles. The van der Waals surface area contributed by atoms with Crippen LogP contribution in [0, 0.1) is 5.82 Å². The Morgan fingerprint density at radius 1 is 1.30 bits per heavy atom. The van der Waals surface area contributed by atoms with Crippen molar-refractivity contribution >= 4 is 15.9 Å². The molecule has 106 valence electrons. The predicted octanol–water partition coefficient (Wildman–Crippen LogP) is 4.45. The largest absolute Gasteiger partial charge is 0.456 e. The van der Waals surface area contributed by atoms with Crippen LogP contribution in [0.25, 0.3) is 0 Å². The summed E-state index contributed by atoms with van der Waals surface area (Å²) in [6, 6.07) is 8.55. The molecule has 20 heavy (non-hydrogen) atoms. The van der Waals surface area contributed by atoms with Crippen molar-refractivity contribution in [3.8, 4) is 11.5 Å². The van der Waals surface area contributed by atoms with E-state index in [1.54, 1.807) is 18.3 Å². The summed E-state index contributed by atoms with van der Waals surface area (Å²) in [5.74, 6) is 0.873. The SMILES string of the molecule is CCC(NC)c1ccc(Oc2ccc(F)c(Br)c2)cn1. The summed E-state index contributed by atoms with van der Waals surface area (Å²) in [4.78, 5) is 4.38. The fourth-order valence-electron chi connectivity index (χ4n) is 1.90. The van der Waals surface area contributed by atoms with Crippen molar-refractivity contribution in [1.29, 1.82) is 0 Å². The lowest BCUT2D eigenvalue weighted by Crippen LogP contribution is -2.16. The highest BCUT2D eigenvalue weighted by atomic mass is 79.9. The second kappa shape index (κ2) is 6.81. The van der Waals surface area contributed by atoms with Gasteiger partial charge in [-0.2, -0.15) is 0 Å². The van der Waals surface area contributed by atoms with Crippen LogP contribution < -0.4 is 10.1 Å². The second-order valence-corrected chi connectivity index (χ2v) is 5.20. The van der Waals surface area contributed by atoms with Crippen molar-refractivity contribution in [2.75, 3.05) is 7.05 Å². The molecule has 0 radical (unpaired) electrons. The quantitative estimate of drug-likeness (QED) is 0.874. The highest BCUT2D eigenvalue weighted by molar-refractivity contribution is 9.10. The minimum absolute atomic E-state index is 0.240. The van der Waals surface area contributed by atoms with E-state index >= 15 is 0 Å². The van der Waals surface area contributed by atoms with Gasteiger partial charge in [-0.15, -0.1) is 0 Å². The van der Waals surface area contributed by atoms with Gasteiger partial charge in [-0.25, -0.2) is 4.39 Å². The van der Waals surface area contributed by atoms with Gasteiger partial charge in [0, 0.05) is 6.04 Å². The minimum atomic E-state index is -0.314. The number of nitrogens with zero attached hydrogens (tertiary/aromatic N) is 1. The average Bonchev–Trinajstić information content (AvgIpc) is 2.46. The molecule has 0 aliphatic rings. The van der Waals surface area contributed by atoms with Crippen LogP contribution in [0.3, 0.4) is 0 Å². The topological polar surface area (TPSA) is 34.1 Å². The van der Waals surface area contributed by atoms with Crippen LogP contribution in [0.1, 0.15) is 25.1 Å². The highest BCUT2D eigenvalue weighted by Crippen LogP contribution is 2.26. The molecule has 1 N–H and O–H groups in total. The maximum atomic E-state index is 13.1. The van der Waals surface area contributed by atoms with E-state index in [9.17, 15) is 4.39 Å². The third-order valence-electron chi connectivity index (χ3n) is 3.00. The van der Waals surface area contributed by atoms with Crippen molar-refractivity contribution < 1.29 is 9.13 Å². The molecule has 1 heterocycles. The molecule has 5 heteroatoms. The zero-order valence-electron chi connectivity index (χ0n) is 11.4. The van der Waals surface area contributed by atoms with Crippen LogP contribution in [-0.4, -0.2) is 12.0 Å². The Balaban J connectivity index is 2.12. The Morgan fingerprint density at radius 3 is 2.60 bits per heavy atom. The lowest BCUT2D eigenvalue weighted by Gasteiger charge is -2.13. The Morgan fingerprint density at radius 2 is 2.05 bits per heavy atom. The van der Waals surface area contributed by atoms with E-state index in [-0.39, 0.29) is 11.9 Å². The smallest absolute Gasteiger partial charge is 0.145 e. The summed E-state index contributed by atoms with van der Waals surface area (Å²) >= 11 is 3.13. The lowest BCUT2D eigenvalue weighted by atomic mass is 10.1. The molecule has 0 saturated heterocycles. The summed E-state index contributed by atoms with van der Waals surface area (Å²) in [5, 5.41) is 3.20. The average molecular weight is 339 g/mol. The summed E-state index contributed by atoms with van der Waals surface area (Å²) < 4.78 is 19.1. The van der Waals surface area contributed by atoms with Gasteiger partial charge in [0.1, 0.15) is 17.3 Å². The van der Waals surface area contributed by atoms with Crippen molar-refractivity contribution in [3.63, 3.8) is 0 Å². The second-order valence-electron chi connectivity index (χ2n) is 4.35. The summed E-state index contributed by atoms with van der Waals surface area (Å²) in [5.41, 5.74) is 0.975. The Hall–Kier alpha value is -1.46. The molecule has 0 aliphatic heterocycles. The van der Waals surface area contributed by atoms with Gasteiger partial charge >= 0.3 is 0 Å². The van der Waals surface area contributed by atoms with E-state index < -0.39 is 0 Å². The van der Waals surface area contributed by atoms with E-state index in [4.69, 9.17) is 4.74 Å². The van der Waals surface area contributed by atoms with Gasteiger partial charge in [0.15, 0.2) is 0 Å². The zero-order valence-corrected chi connectivity index (χ0v) is 12.9. The van der Waals surface area contributed by atoms with Crippen LogP contribution in [0.15, 0.2) is 41.0 Å². The number of benzene rings is 1. The van der Waals surface area contributed by atoms with Gasteiger partial charge < -0.3 is 10.1 Å². The molecule has 2 aromatic rings. The van der Waals surface area contributed by atoms with Gasteiger partial charge in [0.05, 0.1) is 16.4 Å². The van der Waals surface area contributed by atoms with Gasteiger partial charge in [-0.05, 0) is 59.7 Å². The zero-order chi connectivity index (χ0) is 14.5. The van der Waals surface area contributed by atoms with Gasteiger partial charge in [0.2, 0.25) is 0 Å². The molecule has 1 aromatic carbocycles. The number of rotatable bonds is 5. The van der Waals surface area contributed by atoms with E-state index in [0.717, 1.165) is 12.1 Å². The summed E-state index contributed by atoms with van der Waals surface area (Å²) in [6.07, 6.45) is 2.64. The third kappa shape index (κ3) is 3.55. The first-order chi connectivity index (χ1) is 9.63. The number of pyridine rings is 1. The lowest BCUT2D eigenvalue weighted by molar-refractivity contribution is 0.475. The molecule has 0 aliphatic carbocycles. The van der Waals surface area contributed by atoms with Gasteiger partial charge in [0.25, 0.3) is 0 Å². The minimum Gasteiger partial charge on any atom is -0.456 e. The van der Waals surface area contributed by atoms with E-state index in [0.29, 0.717) is 16.0 Å². The summed E-state index contributed by atoms with van der Waals surface area (Å²) in [6.45, 7) is 2.10. The number of hydrogen-bond donors (Lipinski definition) is 1. The number of nitrogens with one attached hydrogen (secondary N) is 1. The maximum Gasteiger partial charge on any atom is 0.145 e. The van der Waals surface area contributed by atoms with E-state index in [1.165, 1.54) is 6.07 Å². The first-order valence-corrected chi connectivity index (χ1v) is 7.19. The van der Waals surface area contributed by atoms with Gasteiger partial charge in [-0.1, -0.05) is 6.92 Å². The van der Waals surface area contributed by atoms with Crippen molar-refractivity contribution in [2.45, 2.75) is 19.4 Å². The molecule has 0 spiro atoms. The first kappa shape index (κ1) is 14.9. The third-order valence-corrected chi connectivity index (χ3v) is 3.61. The number of ether oxygens (including phenoxy) is 1. The fourth-order valence-corrected chi connectivity index (χ4v) is 2.25. The van der Waals surface area contributed by atoms with Gasteiger partial charge in [-0.3, -0.25) is 4.98 Å². The molecule has 1 aromatic heterocycles. The monoisotopic (exact) mass is 338 g/mol. The van der Waals surface area contributed by atoms with Crippen LogP contribution in [0.2, 0.25) is 0 Å². The first-order valence-electron chi connectivity index (χ1n) is 6.40. The molecular weight excluding hydrogens is 323 g/mol. The van der Waals surface area contributed by atoms with Crippen LogP contribution in [0.5, 0.6) is 11.5 Å². The van der Waals surface area contributed by atoms with Crippen molar-refractivity contribution in [2.24, 2.45) is 0 Å².